The van der Waals surface area contributed by atoms with Crippen LogP contribution in [0.25, 0.3) is 0 Å². The lowest BCUT2D eigenvalue weighted by molar-refractivity contribution is 0.115. The highest BCUT2D eigenvalue weighted by Crippen LogP contribution is 2.23. The Hall–Kier alpha value is -1.06. The van der Waals surface area contributed by atoms with E-state index in [2.05, 4.69) is 24.4 Å². The maximum atomic E-state index is 10.2. The Morgan fingerprint density at radius 2 is 2.05 bits per heavy atom. The smallest absolute Gasteiger partial charge is 0.119 e. The van der Waals surface area contributed by atoms with Crippen molar-refractivity contribution in [3.8, 4) is 5.75 Å². The molecule has 3 atom stereocenters. The lowest BCUT2D eigenvalue weighted by Crippen LogP contribution is -2.40. The second-order valence-electron chi connectivity index (χ2n) is 5.48. The first kappa shape index (κ1) is 14.4. The molecule has 0 spiro atoms. The number of benzene rings is 1. The average Bonchev–Trinajstić information content (AvgIpc) is 2.64. The van der Waals surface area contributed by atoms with Crippen LogP contribution in [-0.4, -0.2) is 24.4 Å². The zero-order chi connectivity index (χ0) is 13.7. The Morgan fingerprint density at radius 3 is 2.84 bits per heavy atom. The minimum absolute atomic E-state index is 0.212. The van der Waals surface area contributed by atoms with Gasteiger partial charge in [-0.25, -0.2) is 0 Å². The fraction of sp³-hybridized carbons (Fsp3) is 0.625. The minimum Gasteiger partial charge on any atom is -0.497 e. The summed E-state index contributed by atoms with van der Waals surface area (Å²) in [6, 6.07) is 8.56. The van der Waals surface area contributed by atoms with Crippen LogP contribution < -0.4 is 10.1 Å². The van der Waals surface area contributed by atoms with E-state index in [0.29, 0.717) is 0 Å². The van der Waals surface area contributed by atoms with Gasteiger partial charge in [0.25, 0.3) is 0 Å². The molecule has 1 aliphatic carbocycles. The number of rotatable bonds is 4. The highest BCUT2D eigenvalue weighted by atomic mass is 16.5. The fourth-order valence-electron chi connectivity index (χ4n) is 2.81. The number of methoxy groups -OCH3 is 1. The minimum atomic E-state index is -0.212. The van der Waals surface area contributed by atoms with Gasteiger partial charge >= 0.3 is 0 Å². The van der Waals surface area contributed by atoms with E-state index in [1.54, 1.807) is 7.11 Å². The van der Waals surface area contributed by atoms with Gasteiger partial charge in [-0.2, -0.15) is 0 Å². The summed E-state index contributed by atoms with van der Waals surface area (Å²) in [5, 5.41) is 13.7. The summed E-state index contributed by atoms with van der Waals surface area (Å²) < 4.78 is 5.26. The summed E-state index contributed by atoms with van der Waals surface area (Å²) in [4.78, 5) is 0. The van der Waals surface area contributed by atoms with Crippen molar-refractivity contribution >= 4 is 0 Å². The molecule has 19 heavy (non-hydrogen) atoms. The molecule has 2 unspecified atom stereocenters. The molecule has 0 amide bonds. The highest BCUT2D eigenvalue weighted by molar-refractivity contribution is 5.30. The first-order valence-corrected chi connectivity index (χ1v) is 7.29. The van der Waals surface area contributed by atoms with Crippen molar-refractivity contribution in [2.75, 3.05) is 7.11 Å². The van der Waals surface area contributed by atoms with Crippen molar-refractivity contribution in [2.24, 2.45) is 0 Å². The third-order valence-corrected chi connectivity index (χ3v) is 4.04. The molecule has 1 fully saturated rings. The number of hydrogen-bond acceptors (Lipinski definition) is 3. The van der Waals surface area contributed by atoms with Crippen molar-refractivity contribution in [1.82, 2.24) is 5.32 Å². The summed E-state index contributed by atoms with van der Waals surface area (Å²) >= 11 is 0. The maximum Gasteiger partial charge on any atom is 0.119 e. The van der Waals surface area contributed by atoms with Gasteiger partial charge in [-0.1, -0.05) is 31.4 Å². The fourth-order valence-corrected chi connectivity index (χ4v) is 2.81. The Balaban J connectivity index is 2.00. The number of ether oxygens (including phenoxy) is 1. The standard InChI is InChI=1S/C16H25NO2/c1-12(13-7-6-8-14(11-13)19-2)17-15-9-4-3-5-10-16(15)18/h6-8,11-12,15-18H,3-5,9-10H2,1-2H3/t12-,15?,16?/m1/s1. The van der Waals surface area contributed by atoms with Crippen molar-refractivity contribution in [2.45, 2.75) is 57.2 Å². The summed E-state index contributed by atoms with van der Waals surface area (Å²) in [5.41, 5.74) is 1.20. The molecule has 1 aromatic rings. The molecule has 0 heterocycles. The lowest BCUT2D eigenvalue weighted by atomic mass is 10.0. The van der Waals surface area contributed by atoms with Gasteiger partial charge in [-0.05, 0) is 37.5 Å². The van der Waals surface area contributed by atoms with Crippen LogP contribution in [0.5, 0.6) is 5.75 Å². The molecule has 0 aromatic heterocycles. The molecule has 2 rings (SSSR count). The van der Waals surface area contributed by atoms with Gasteiger partial charge in [0.05, 0.1) is 13.2 Å². The molecule has 1 aliphatic rings. The predicted octanol–water partition coefficient (Wildman–Crippen LogP) is 3.04. The Kier molecular flexibility index (Phi) is 5.23. The molecule has 0 radical (unpaired) electrons. The van der Waals surface area contributed by atoms with Crippen molar-refractivity contribution in [1.29, 1.82) is 0 Å². The second-order valence-corrected chi connectivity index (χ2v) is 5.48. The van der Waals surface area contributed by atoms with Gasteiger partial charge in [-0.15, -0.1) is 0 Å². The van der Waals surface area contributed by atoms with Gasteiger partial charge < -0.3 is 15.2 Å². The third-order valence-electron chi connectivity index (χ3n) is 4.04. The highest BCUT2D eigenvalue weighted by Gasteiger charge is 2.23. The summed E-state index contributed by atoms with van der Waals surface area (Å²) in [5.74, 6) is 0.882. The van der Waals surface area contributed by atoms with Crippen molar-refractivity contribution in [3.05, 3.63) is 29.8 Å². The maximum absolute atomic E-state index is 10.2. The molecule has 3 heteroatoms. The summed E-state index contributed by atoms with van der Waals surface area (Å²) in [6.45, 7) is 2.15. The van der Waals surface area contributed by atoms with Crippen molar-refractivity contribution in [3.63, 3.8) is 0 Å². The van der Waals surface area contributed by atoms with Gasteiger partial charge in [0.2, 0.25) is 0 Å². The SMILES string of the molecule is COc1cccc([C@@H](C)NC2CCCCCC2O)c1. The number of aliphatic hydroxyl groups excluding tert-OH is 1. The van der Waals surface area contributed by atoms with Gasteiger partial charge in [-0.3, -0.25) is 0 Å². The zero-order valence-electron chi connectivity index (χ0n) is 11.9. The van der Waals surface area contributed by atoms with E-state index in [1.807, 2.05) is 12.1 Å². The van der Waals surface area contributed by atoms with Crippen LogP contribution in [0.1, 0.15) is 50.6 Å². The van der Waals surface area contributed by atoms with Crippen molar-refractivity contribution < 1.29 is 9.84 Å². The topological polar surface area (TPSA) is 41.5 Å². The van der Waals surface area contributed by atoms with Crippen LogP contribution in [0, 0.1) is 0 Å². The van der Waals surface area contributed by atoms with Crippen LogP contribution in [0.15, 0.2) is 24.3 Å². The van der Waals surface area contributed by atoms with E-state index in [1.165, 1.54) is 18.4 Å². The molecule has 1 saturated carbocycles. The number of hydrogen-bond donors (Lipinski definition) is 2. The van der Waals surface area contributed by atoms with Crippen LogP contribution in [0.2, 0.25) is 0 Å². The third kappa shape index (κ3) is 3.95. The summed E-state index contributed by atoms with van der Waals surface area (Å²) in [7, 11) is 1.69. The van der Waals surface area contributed by atoms with E-state index >= 15 is 0 Å². The van der Waals surface area contributed by atoms with Gasteiger partial charge in [0.1, 0.15) is 5.75 Å². The van der Waals surface area contributed by atoms with E-state index in [4.69, 9.17) is 4.74 Å². The van der Waals surface area contributed by atoms with Crippen LogP contribution in [0.3, 0.4) is 0 Å². The summed E-state index contributed by atoms with van der Waals surface area (Å²) in [6.07, 6.45) is 5.36. The molecule has 1 aromatic carbocycles. The molecule has 106 valence electrons. The monoisotopic (exact) mass is 263 g/mol. The van der Waals surface area contributed by atoms with Gasteiger partial charge in [0.15, 0.2) is 0 Å². The Bertz CT molecular complexity index is 394. The normalized spacial score (nSPS) is 25.6. The average molecular weight is 263 g/mol. The van der Waals surface area contributed by atoms with Crippen LogP contribution in [-0.2, 0) is 0 Å². The van der Waals surface area contributed by atoms with Crippen LogP contribution in [0.4, 0.5) is 0 Å². The van der Waals surface area contributed by atoms with E-state index in [9.17, 15) is 5.11 Å². The van der Waals surface area contributed by atoms with E-state index < -0.39 is 0 Å². The second kappa shape index (κ2) is 6.92. The zero-order valence-corrected chi connectivity index (χ0v) is 11.9. The molecule has 2 N–H and O–H groups in total. The van der Waals surface area contributed by atoms with Gasteiger partial charge in [0, 0.05) is 12.1 Å². The Morgan fingerprint density at radius 1 is 1.26 bits per heavy atom. The molecular weight excluding hydrogens is 238 g/mol. The molecule has 0 aliphatic heterocycles. The predicted molar refractivity (Wildman–Crippen MR) is 77.4 cm³/mol. The number of nitrogens with one attached hydrogen (secondary N) is 1. The van der Waals surface area contributed by atoms with E-state index in [0.717, 1.165) is 25.0 Å². The molecule has 3 nitrogen and oxygen atoms in total. The molecule has 0 bridgehead atoms. The largest absolute Gasteiger partial charge is 0.497 e. The van der Waals surface area contributed by atoms with E-state index in [-0.39, 0.29) is 18.2 Å². The molecular formula is C16H25NO2. The quantitative estimate of drug-likeness (QED) is 0.820. The number of aliphatic hydroxyl groups is 1. The first-order chi connectivity index (χ1) is 9.20. The molecule has 0 saturated heterocycles. The van der Waals surface area contributed by atoms with Crippen LogP contribution >= 0.6 is 0 Å². The first-order valence-electron chi connectivity index (χ1n) is 7.29. The lowest BCUT2D eigenvalue weighted by Gasteiger charge is -2.26. The Labute approximate surface area is 116 Å².